The number of hydrogen-bond acceptors (Lipinski definition) is 4. The number of nitrogens with zero attached hydrogens (tertiary/aromatic N) is 4. The molecule has 1 aliphatic rings. The van der Waals surface area contributed by atoms with E-state index in [0.29, 0.717) is 5.75 Å². The van der Waals surface area contributed by atoms with Gasteiger partial charge in [-0.25, -0.2) is 0 Å². The molecule has 0 aromatic heterocycles. The minimum atomic E-state index is 0.360. The lowest BCUT2D eigenvalue weighted by atomic mass is 10.1. The van der Waals surface area contributed by atoms with Gasteiger partial charge in [0, 0.05) is 39.8 Å². The number of nitrogens with one attached hydrogen (secondary N) is 1. The molecule has 6 heteroatoms. The summed E-state index contributed by atoms with van der Waals surface area (Å²) >= 11 is 0. The van der Waals surface area contributed by atoms with Gasteiger partial charge in [-0.1, -0.05) is 31.4 Å². The van der Waals surface area contributed by atoms with Gasteiger partial charge in [0.05, 0.1) is 5.69 Å². The van der Waals surface area contributed by atoms with Crippen LogP contribution < -0.4 is 10.2 Å². The normalized spacial score (nSPS) is 15.5. The number of para-hydroxylation sites is 2. The summed E-state index contributed by atoms with van der Waals surface area (Å²) in [5.41, 5.74) is 0.925. The molecule has 1 fully saturated rings. The largest absolute Gasteiger partial charge is 0.506 e. The molecule has 6 nitrogen and oxygen atoms in total. The molecule has 1 aromatic rings. The first-order valence-corrected chi connectivity index (χ1v) is 10.2. The summed E-state index contributed by atoms with van der Waals surface area (Å²) in [6.45, 7) is 5.79. The van der Waals surface area contributed by atoms with E-state index in [1.807, 2.05) is 25.2 Å². The summed E-state index contributed by atoms with van der Waals surface area (Å²) in [6.07, 6.45) is 6.40. The topological polar surface area (TPSA) is 54.3 Å². The Bertz CT molecular complexity index is 567. The number of aromatic hydroxyl groups is 1. The van der Waals surface area contributed by atoms with Crippen LogP contribution in [-0.2, 0) is 0 Å². The van der Waals surface area contributed by atoms with Crippen LogP contribution >= 0.6 is 0 Å². The van der Waals surface area contributed by atoms with E-state index < -0.39 is 0 Å². The molecule has 1 aliphatic heterocycles. The van der Waals surface area contributed by atoms with Crippen LogP contribution in [0.4, 0.5) is 5.69 Å². The first kappa shape index (κ1) is 21.4. The molecule has 0 unspecified atom stereocenters. The van der Waals surface area contributed by atoms with Gasteiger partial charge >= 0.3 is 0 Å². The van der Waals surface area contributed by atoms with Crippen molar-refractivity contribution in [2.45, 2.75) is 32.1 Å². The molecule has 0 saturated carbocycles. The monoisotopic (exact) mass is 375 g/mol. The van der Waals surface area contributed by atoms with Gasteiger partial charge in [-0.05, 0) is 45.6 Å². The number of anilines is 1. The van der Waals surface area contributed by atoms with Crippen LogP contribution in [0.5, 0.6) is 5.75 Å². The molecule has 0 amide bonds. The molecule has 27 heavy (non-hydrogen) atoms. The van der Waals surface area contributed by atoms with E-state index in [1.165, 1.54) is 38.6 Å². The fourth-order valence-electron chi connectivity index (χ4n) is 3.51. The lowest BCUT2D eigenvalue weighted by molar-refractivity contribution is 0.369. The van der Waals surface area contributed by atoms with Crippen LogP contribution in [0.25, 0.3) is 0 Å². The van der Waals surface area contributed by atoms with E-state index in [9.17, 15) is 5.11 Å². The van der Waals surface area contributed by atoms with E-state index >= 15 is 0 Å². The molecule has 0 aliphatic carbocycles. The Kier molecular flexibility index (Phi) is 9.25. The molecule has 152 valence electrons. The number of aliphatic imine (C=N–C) groups is 1. The average molecular weight is 376 g/mol. The fourth-order valence-corrected chi connectivity index (χ4v) is 3.51. The minimum Gasteiger partial charge on any atom is -0.506 e. The summed E-state index contributed by atoms with van der Waals surface area (Å²) in [5.74, 6) is 1.36. The Morgan fingerprint density at radius 2 is 1.70 bits per heavy atom. The van der Waals surface area contributed by atoms with Crippen LogP contribution in [0.1, 0.15) is 32.1 Å². The molecule has 0 spiro atoms. The fraction of sp³-hybridized carbons (Fsp3) is 0.667. The number of guanidine groups is 1. The summed E-state index contributed by atoms with van der Waals surface area (Å²) in [6, 6.07) is 7.57. The van der Waals surface area contributed by atoms with E-state index in [0.717, 1.165) is 44.4 Å². The molecule has 0 atom stereocenters. The second kappa shape index (κ2) is 11.7. The van der Waals surface area contributed by atoms with Crippen molar-refractivity contribution in [1.29, 1.82) is 0 Å². The van der Waals surface area contributed by atoms with Crippen LogP contribution in [-0.4, -0.2) is 81.3 Å². The molecule has 1 heterocycles. The third kappa shape index (κ3) is 7.29. The Labute approximate surface area is 164 Å². The highest BCUT2D eigenvalue weighted by Crippen LogP contribution is 2.27. The van der Waals surface area contributed by atoms with E-state index in [4.69, 9.17) is 0 Å². The third-order valence-electron chi connectivity index (χ3n) is 5.08. The number of phenols is 1. The van der Waals surface area contributed by atoms with Crippen molar-refractivity contribution in [3.05, 3.63) is 24.3 Å². The lowest BCUT2D eigenvalue weighted by Gasteiger charge is -2.37. The van der Waals surface area contributed by atoms with Gasteiger partial charge in [-0.2, -0.15) is 0 Å². The van der Waals surface area contributed by atoms with Gasteiger partial charge in [-0.3, -0.25) is 4.99 Å². The van der Waals surface area contributed by atoms with Crippen molar-refractivity contribution < 1.29 is 5.11 Å². The van der Waals surface area contributed by atoms with Crippen molar-refractivity contribution in [2.75, 3.05) is 65.3 Å². The zero-order valence-corrected chi connectivity index (χ0v) is 17.3. The van der Waals surface area contributed by atoms with Crippen molar-refractivity contribution in [3.8, 4) is 5.75 Å². The first-order chi connectivity index (χ1) is 13.1. The second-order valence-electron chi connectivity index (χ2n) is 7.51. The van der Waals surface area contributed by atoms with Gasteiger partial charge in [-0.15, -0.1) is 0 Å². The number of phenolic OH excluding ortho intramolecular Hbond substituents is 1. The molecular formula is C21H37N5O. The van der Waals surface area contributed by atoms with Gasteiger partial charge in [0.15, 0.2) is 5.96 Å². The molecule has 2 N–H and O–H groups in total. The van der Waals surface area contributed by atoms with E-state index in [2.05, 4.69) is 39.1 Å². The SMILES string of the molecule is CN=C(NCCCCCCCN(C)C)N1CCN(c2ccccc2O)CC1. The standard InChI is InChI=1S/C21H37N5O/c1-22-21(23-13-9-5-4-6-10-14-24(2)3)26-17-15-25(16-18-26)19-11-7-8-12-20(19)27/h7-8,11-12,27H,4-6,9-10,13-18H2,1-3H3,(H,22,23). The highest BCUT2D eigenvalue weighted by molar-refractivity contribution is 5.80. The summed E-state index contributed by atoms with van der Waals surface area (Å²) in [7, 11) is 6.13. The summed E-state index contributed by atoms with van der Waals surface area (Å²) in [4.78, 5) is 11.3. The summed E-state index contributed by atoms with van der Waals surface area (Å²) in [5, 5.41) is 13.6. The molecule has 1 saturated heterocycles. The average Bonchev–Trinajstić information content (AvgIpc) is 2.67. The molecule has 0 bridgehead atoms. The van der Waals surface area contributed by atoms with Crippen molar-refractivity contribution in [2.24, 2.45) is 4.99 Å². The van der Waals surface area contributed by atoms with Crippen LogP contribution in [0.3, 0.4) is 0 Å². The Morgan fingerprint density at radius 1 is 1.04 bits per heavy atom. The third-order valence-corrected chi connectivity index (χ3v) is 5.08. The van der Waals surface area contributed by atoms with Gasteiger partial charge in [0.25, 0.3) is 0 Å². The smallest absolute Gasteiger partial charge is 0.193 e. The van der Waals surface area contributed by atoms with E-state index in [1.54, 1.807) is 6.07 Å². The van der Waals surface area contributed by atoms with Crippen LogP contribution in [0, 0.1) is 0 Å². The summed E-state index contributed by atoms with van der Waals surface area (Å²) < 4.78 is 0. The van der Waals surface area contributed by atoms with Gasteiger partial charge in [0.1, 0.15) is 5.75 Å². The Morgan fingerprint density at radius 3 is 2.37 bits per heavy atom. The molecular weight excluding hydrogens is 338 g/mol. The van der Waals surface area contributed by atoms with E-state index in [-0.39, 0.29) is 0 Å². The number of unbranched alkanes of at least 4 members (excludes halogenated alkanes) is 4. The van der Waals surface area contributed by atoms with Gasteiger partial charge < -0.3 is 25.1 Å². The maximum absolute atomic E-state index is 10.0. The van der Waals surface area contributed by atoms with Gasteiger partial charge in [0.2, 0.25) is 0 Å². The second-order valence-corrected chi connectivity index (χ2v) is 7.51. The maximum Gasteiger partial charge on any atom is 0.193 e. The number of rotatable bonds is 9. The number of piperazine rings is 1. The zero-order valence-electron chi connectivity index (χ0n) is 17.3. The molecule has 2 rings (SSSR count). The quantitative estimate of drug-likeness (QED) is 0.395. The predicted octanol–water partition coefficient (Wildman–Crippen LogP) is 2.60. The van der Waals surface area contributed by atoms with Crippen molar-refractivity contribution in [1.82, 2.24) is 15.1 Å². The predicted molar refractivity (Wildman–Crippen MR) is 115 cm³/mol. The first-order valence-electron chi connectivity index (χ1n) is 10.2. The maximum atomic E-state index is 10.0. The molecule has 0 radical (unpaired) electrons. The Hall–Kier alpha value is -1.95. The number of hydrogen-bond donors (Lipinski definition) is 2. The Balaban J connectivity index is 1.63. The van der Waals surface area contributed by atoms with Crippen molar-refractivity contribution >= 4 is 11.6 Å². The highest BCUT2D eigenvalue weighted by atomic mass is 16.3. The molecule has 1 aromatic carbocycles. The van der Waals surface area contributed by atoms with Crippen molar-refractivity contribution in [3.63, 3.8) is 0 Å². The van der Waals surface area contributed by atoms with Crippen LogP contribution in [0.2, 0.25) is 0 Å². The van der Waals surface area contributed by atoms with Crippen LogP contribution in [0.15, 0.2) is 29.3 Å². The minimum absolute atomic E-state index is 0.360. The zero-order chi connectivity index (χ0) is 19.5. The highest BCUT2D eigenvalue weighted by Gasteiger charge is 2.21. The lowest BCUT2D eigenvalue weighted by Crippen LogP contribution is -2.52. The number of benzene rings is 1.